The summed E-state index contributed by atoms with van der Waals surface area (Å²) in [6.45, 7) is 0. The van der Waals surface area contributed by atoms with Crippen molar-refractivity contribution in [3.05, 3.63) is 30.2 Å². The number of hydrogen-bond donors (Lipinski definition) is 1. The normalized spacial score (nSPS) is 37.7. The molecule has 3 aliphatic rings. The summed E-state index contributed by atoms with van der Waals surface area (Å²) in [5.41, 5.74) is 0.00126. The van der Waals surface area contributed by atoms with Crippen molar-refractivity contribution in [2.24, 2.45) is 10.9 Å². The van der Waals surface area contributed by atoms with Crippen LogP contribution in [0.15, 0.2) is 29.5 Å². The molecule has 6 heteroatoms. The van der Waals surface area contributed by atoms with Gasteiger partial charge in [-0.1, -0.05) is 0 Å². The van der Waals surface area contributed by atoms with E-state index in [2.05, 4.69) is 20.6 Å². The summed E-state index contributed by atoms with van der Waals surface area (Å²) in [5.74, 6) is 1.07. The smallest absolute Gasteiger partial charge is 0.208 e. The van der Waals surface area contributed by atoms with Crippen LogP contribution in [0.1, 0.15) is 56.2 Å². The van der Waals surface area contributed by atoms with Crippen LogP contribution in [0.2, 0.25) is 0 Å². The maximum absolute atomic E-state index is 15.1. The highest BCUT2D eigenvalue weighted by Crippen LogP contribution is 2.47. The van der Waals surface area contributed by atoms with Crippen molar-refractivity contribution in [1.82, 2.24) is 9.55 Å². The molecule has 24 heavy (non-hydrogen) atoms. The van der Waals surface area contributed by atoms with Gasteiger partial charge in [0, 0.05) is 36.0 Å². The van der Waals surface area contributed by atoms with E-state index in [1.54, 1.807) is 7.11 Å². The number of hydrogen-bond acceptors (Lipinski definition) is 4. The number of methoxy groups -OCH3 is 1. The first-order valence-electron chi connectivity index (χ1n) is 8.78. The first-order chi connectivity index (χ1) is 11.6. The van der Waals surface area contributed by atoms with E-state index in [4.69, 9.17) is 4.74 Å². The maximum atomic E-state index is 15.1. The Morgan fingerprint density at radius 1 is 1.42 bits per heavy atom. The van der Waals surface area contributed by atoms with Crippen LogP contribution in [0.3, 0.4) is 0 Å². The largest absolute Gasteiger partial charge is 0.481 e. The predicted molar refractivity (Wildman–Crippen MR) is 88.6 cm³/mol. The second-order valence-electron chi connectivity index (χ2n) is 7.30. The number of fused-ring (bicyclic) bond motifs is 3. The Hall–Kier alpha value is -1.69. The first kappa shape index (κ1) is 15.8. The van der Waals surface area contributed by atoms with Gasteiger partial charge in [0.15, 0.2) is 0 Å². The molecular formula is C18H24FN3O2. The number of rotatable bonds is 4. The molecule has 1 aromatic heterocycles. The van der Waals surface area contributed by atoms with Gasteiger partial charge in [0.1, 0.15) is 5.67 Å². The Bertz CT molecular complexity index is 661. The molecule has 0 bridgehead atoms. The number of nitrogens with zero attached hydrogens (tertiary/aromatic N) is 3. The Balaban J connectivity index is 1.51. The Morgan fingerprint density at radius 2 is 2.21 bits per heavy atom. The van der Waals surface area contributed by atoms with Crippen LogP contribution in [0.4, 0.5) is 4.39 Å². The summed E-state index contributed by atoms with van der Waals surface area (Å²) in [7, 11) is 1.62. The molecule has 0 spiro atoms. The van der Waals surface area contributed by atoms with E-state index in [0.29, 0.717) is 38.0 Å². The van der Waals surface area contributed by atoms with Gasteiger partial charge in [-0.25, -0.2) is 14.4 Å². The summed E-state index contributed by atoms with van der Waals surface area (Å²) in [5, 5.41) is 9.62. The quantitative estimate of drug-likeness (QED) is 0.921. The fraction of sp³-hybridized carbons (Fsp3) is 0.667. The number of aliphatic hydroxyl groups is 1. The standard InChI is InChI=1S/C18H24FN3O2/c1-24-17-8-13-14(9-21-17)16-10-20-11-22(16)15(13)4-7-18(19)5-2-12(23)3-6-18/h8-15,23H,2-7H2,1H3. The summed E-state index contributed by atoms with van der Waals surface area (Å²) >= 11 is 0. The molecule has 0 amide bonds. The maximum Gasteiger partial charge on any atom is 0.208 e. The lowest BCUT2D eigenvalue weighted by molar-refractivity contribution is 0.0237. The van der Waals surface area contributed by atoms with Gasteiger partial charge in [0.2, 0.25) is 5.88 Å². The molecule has 5 nitrogen and oxygen atoms in total. The average molecular weight is 333 g/mol. The highest BCUT2D eigenvalue weighted by molar-refractivity contribution is 5.71. The van der Waals surface area contributed by atoms with Gasteiger partial charge in [-0.2, -0.15) is 0 Å². The Labute approximate surface area is 141 Å². The monoisotopic (exact) mass is 333 g/mol. The zero-order chi connectivity index (χ0) is 16.7. The van der Waals surface area contributed by atoms with Gasteiger partial charge in [-0.15, -0.1) is 0 Å². The lowest BCUT2D eigenvalue weighted by Gasteiger charge is -2.33. The highest BCUT2D eigenvalue weighted by atomic mass is 19.1. The molecule has 0 radical (unpaired) electrons. The summed E-state index contributed by atoms with van der Waals surface area (Å²) < 4.78 is 22.5. The van der Waals surface area contributed by atoms with E-state index in [0.717, 1.165) is 12.1 Å². The minimum absolute atomic E-state index is 0.184. The van der Waals surface area contributed by atoms with Crippen molar-refractivity contribution in [1.29, 1.82) is 0 Å². The second-order valence-corrected chi connectivity index (χ2v) is 7.30. The molecular weight excluding hydrogens is 309 g/mol. The lowest BCUT2D eigenvalue weighted by atomic mass is 9.79. The Kier molecular flexibility index (Phi) is 3.95. The molecule has 1 aliphatic carbocycles. The van der Waals surface area contributed by atoms with Crippen molar-refractivity contribution in [3.8, 4) is 0 Å². The van der Waals surface area contributed by atoms with Crippen LogP contribution in [-0.4, -0.2) is 39.8 Å². The molecule has 0 aromatic carbocycles. The van der Waals surface area contributed by atoms with Crippen LogP contribution in [0, 0.1) is 5.92 Å². The number of imidazole rings is 1. The van der Waals surface area contributed by atoms with E-state index in [1.807, 2.05) is 18.7 Å². The molecule has 1 saturated carbocycles. The van der Waals surface area contributed by atoms with Gasteiger partial charge >= 0.3 is 0 Å². The van der Waals surface area contributed by atoms with E-state index >= 15 is 4.39 Å². The number of aromatic nitrogens is 2. The number of halogens is 1. The Morgan fingerprint density at radius 3 is 2.96 bits per heavy atom. The van der Waals surface area contributed by atoms with E-state index in [-0.39, 0.29) is 24.0 Å². The van der Waals surface area contributed by atoms with Gasteiger partial charge in [-0.05, 0) is 44.6 Å². The van der Waals surface area contributed by atoms with Crippen molar-refractivity contribution in [2.45, 2.75) is 62.3 Å². The molecule has 1 aromatic rings. The SMILES string of the molecule is COC1=CC2C(C=N1)c1cncn1C2CCC1(F)CCC(O)CC1. The number of aliphatic hydroxyl groups excluding tert-OH is 1. The van der Waals surface area contributed by atoms with E-state index in [9.17, 15) is 5.11 Å². The number of aliphatic imine (C=N–C) groups is 1. The molecule has 3 atom stereocenters. The highest BCUT2D eigenvalue weighted by Gasteiger charge is 2.43. The van der Waals surface area contributed by atoms with Crippen molar-refractivity contribution in [2.75, 3.05) is 7.11 Å². The van der Waals surface area contributed by atoms with E-state index < -0.39 is 5.67 Å². The molecule has 4 rings (SSSR count). The zero-order valence-corrected chi connectivity index (χ0v) is 13.9. The molecule has 0 saturated heterocycles. The average Bonchev–Trinajstić information content (AvgIpc) is 3.17. The number of alkyl halides is 1. The van der Waals surface area contributed by atoms with Gasteiger partial charge in [-0.3, -0.25) is 0 Å². The molecule has 3 heterocycles. The fourth-order valence-electron chi connectivity index (χ4n) is 4.45. The summed E-state index contributed by atoms with van der Waals surface area (Å²) in [6, 6.07) is 0.184. The number of allylic oxidation sites excluding steroid dienone is 1. The van der Waals surface area contributed by atoms with Crippen molar-refractivity contribution >= 4 is 6.21 Å². The van der Waals surface area contributed by atoms with Gasteiger partial charge in [0.25, 0.3) is 0 Å². The lowest BCUT2D eigenvalue weighted by Crippen LogP contribution is -2.32. The van der Waals surface area contributed by atoms with Gasteiger partial charge < -0.3 is 14.4 Å². The second kappa shape index (κ2) is 5.99. The minimum atomic E-state index is -1.14. The van der Waals surface area contributed by atoms with E-state index in [1.165, 1.54) is 0 Å². The van der Waals surface area contributed by atoms with Crippen LogP contribution < -0.4 is 0 Å². The topological polar surface area (TPSA) is 59.6 Å². The first-order valence-corrected chi connectivity index (χ1v) is 8.78. The molecule has 3 unspecified atom stereocenters. The molecule has 130 valence electrons. The zero-order valence-electron chi connectivity index (χ0n) is 13.9. The van der Waals surface area contributed by atoms with Crippen LogP contribution in [-0.2, 0) is 4.74 Å². The van der Waals surface area contributed by atoms with Crippen LogP contribution in [0.25, 0.3) is 0 Å². The minimum Gasteiger partial charge on any atom is -0.481 e. The third kappa shape index (κ3) is 2.66. The predicted octanol–water partition coefficient (Wildman–Crippen LogP) is 3.13. The summed E-state index contributed by atoms with van der Waals surface area (Å²) in [6.07, 6.45) is 10.8. The van der Waals surface area contributed by atoms with Crippen LogP contribution >= 0.6 is 0 Å². The molecule has 1 N–H and O–H groups in total. The van der Waals surface area contributed by atoms with Crippen molar-refractivity contribution in [3.63, 3.8) is 0 Å². The third-order valence-corrected chi connectivity index (χ3v) is 5.90. The summed E-state index contributed by atoms with van der Waals surface area (Å²) in [4.78, 5) is 8.62. The number of ether oxygens (including phenoxy) is 1. The van der Waals surface area contributed by atoms with Crippen LogP contribution in [0.5, 0.6) is 0 Å². The molecule has 1 fully saturated rings. The van der Waals surface area contributed by atoms with Gasteiger partial charge in [0.05, 0.1) is 19.5 Å². The third-order valence-electron chi connectivity index (χ3n) is 5.90. The fourth-order valence-corrected chi connectivity index (χ4v) is 4.45. The molecule has 2 aliphatic heterocycles. The van der Waals surface area contributed by atoms with Crippen molar-refractivity contribution < 1.29 is 14.2 Å².